The van der Waals surface area contributed by atoms with Crippen LogP contribution in [0.3, 0.4) is 0 Å². The molecule has 0 spiro atoms. The van der Waals surface area contributed by atoms with Gasteiger partial charge >= 0.3 is 0 Å². The quantitative estimate of drug-likeness (QED) is 0.581. The van der Waals surface area contributed by atoms with Crippen molar-refractivity contribution in [3.8, 4) is 0 Å². The molecule has 1 heterocycles. The summed E-state index contributed by atoms with van der Waals surface area (Å²) in [5.74, 6) is 1.65. The highest BCUT2D eigenvalue weighted by atomic mass is 16.7. The van der Waals surface area contributed by atoms with Crippen LogP contribution in [0.4, 0.5) is 0 Å². The highest BCUT2D eigenvalue weighted by molar-refractivity contribution is 4.72. The summed E-state index contributed by atoms with van der Waals surface area (Å²) < 4.78 is 0. The Bertz CT molecular complexity index is 103. The first-order chi connectivity index (χ1) is 4.74. The summed E-state index contributed by atoms with van der Waals surface area (Å²) in [4.78, 5) is 5.12. The summed E-state index contributed by atoms with van der Waals surface area (Å²) in [6.07, 6.45) is 1.30. The molecule has 1 fully saturated rings. The van der Waals surface area contributed by atoms with Gasteiger partial charge in [0, 0.05) is 13.1 Å². The fraction of sp³-hybridized carbons (Fsp3) is 1.00. The van der Waals surface area contributed by atoms with Gasteiger partial charge in [0.1, 0.15) is 0 Å². The van der Waals surface area contributed by atoms with Crippen molar-refractivity contribution >= 4 is 0 Å². The molecule has 60 valence electrons. The molecule has 0 aromatic rings. The normalized spacial score (nSPS) is 28.2. The van der Waals surface area contributed by atoms with Crippen molar-refractivity contribution in [3.05, 3.63) is 0 Å². The highest BCUT2D eigenvalue weighted by Gasteiger charge is 2.24. The van der Waals surface area contributed by atoms with Gasteiger partial charge in [-0.1, -0.05) is 13.8 Å². The van der Waals surface area contributed by atoms with Crippen molar-refractivity contribution in [2.24, 2.45) is 11.8 Å². The zero-order valence-corrected chi connectivity index (χ0v) is 7.13. The molecule has 1 atom stereocenters. The molecule has 0 amide bonds. The van der Waals surface area contributed by atoms with E-state index in [-0.39, 0.29) is 0 Å². The zero-order valence-electron chi connectivity index (χ0n) is 7.13. The van der Waals surface area contributed by atoms with Crippen molar-refractivity contribution < 1.29 is 4.84 Å². The lowest BCUT2D eigenvalue weighted by Gasteiger charge is -2.14. The van der Waals surface area contributed by atoms with E-state index in [0.29, 0.717) is 0 Å². The van der Waals surface area contributed by atoms with E-state index in [2.05, 4.69) is 13.8 Å². The Morgan fingerprint density at radius 1 is 1.50 bits per heavy atom. The van der Waals surface area contributed by atoms with Gasteiger partial charge in [0.15, 0.2) is 0 Å². The Hall–Kier alpha value is -0.0800. The third-order valence-corrected chi connectivity index (χ3v) is 2.39. The second-order valence-electron chi connectivity index (χ2n) is 3.36. The molecular formula is C8H17NO. The van der Waals surface area contributed by atoms with Crippen LogP contribution < -0.4 is 0 Å². The van der Waals surface area contributed by atoms with E-state index in [9.17, 15) is 0 Å². The van der Waals surface area contributed by atoms with Crippen molar-refractivity contribution in [1.29, 1.82) is 0 Å². The van der Waals surface area contributed by atoms with Crippen LogP contribution in [-0.2, 0) is 4.84 Å². The molecule has 10 heavy (non-hydrogen) atoms. The van der Waals surface area contributed by atoms with Gasteiger partial charge in [-0.3, -0.25) is 0 Å². The fourth-order valence-corrected chi connectivity index (χ4v) is 1.46. The van der Waals surface area contributed by atoms with E-state index in [1.54, 1.807) is 7.11 Å². The molecule has 0 aliphatic carbocycles. The second-order valence-corrected chi connectivity index (χ2v) is 3.36. The zero-order chi connectivity index (χ0) is 7.56. The summed E-state index contributed by atoms with van der Waals surface area (Å²) >= 11 is 0. The number of hydroxylamine groups is 2. The van der Waals surface area contributed by atoms with Gasteiger partial charge < -0.3 is 4.84 Å². The molecule has 1 aliphatic heterocycles. The molecule has 2 heteroatoms. The number of nitrogens with zero attached hydrogens (tertiary/aromatic N) is 1. The minimum atomic E-state index is 0.806. The van der Waals surface area contributed by atoms with Gasteiger partial charge in [-0.2, -0.15) is 5.06 Å². The van der Waals surface area contributed by atoms with Crippen LogP contribution in [0.5, 0.6) is 0 Å². The molecule has 0 saturated carbocycles. The Kier molecular flexibility index (Phi) is 2.69. The Labute approximate surface area is 63.1 Å². The smallest absolute Gasteiger partial charge is 0.0575 e. The van der Waals surface area contributed by atoms with Crippen LogP contribution in [0.2, 0.25) is 0 Å². The van der Waals surface area contributed by atoms with Crippen LogP contribution in [0, 0.1) is 11.8 Å². The van der Waals surface area contributed by atoms with Crippen molar-refractivity contribution in [2.45, 2.75) is 20.3 Å². The topological polar surface area (TPSA) is 12.5 Å². The molecular weight excluding hydrogens is 126 g/mol. The minimum absolute atomic E-state index is 0.806. The van der Waals surface area contributed by atoms with E-state index >= 15 is 0 Å². The summed E-state index contributed by atoms with van der Waals surface area (Å²) in [5.41, 5.74) is 0. The number of hydrogen-bond donors (Lipinski definition) is 0. The molecule has 0 aromatic carbocycles. The van der Waals surface area contributed by atoms with Gasteiger partial charge in [0.05, 0.1) is 7.11 Å². The average Bonchev–Trinajstić information content (AvgIpc) is 2.34. The molecule has 2 nitrogen and oxygen atoms in total. The first-order valence-corrected chi connectivity index (χ1v) is 4.03. The average molecular weight is 143 g/mol. The molecule has 1 rings (SSSR count). The molecule has 0 bridgehead atoms. The maximum absolute atomic E-state index is 5.12. The molecule has 0 aromatic heterocycles. The maximum atomic E-state index is 5.12. The maximum Gasteiger partial charge on any atom is 0.0575 e. The van der Waals surface area contributed by atoms with Crippen LogP contribution >= 0.6 is 0 Å². The van der Waals surface area contributed by atoms with Crippen molar-refractivity contribution in [1.82, 2.24) is 5.06 Å². The summed E-state index contributed by atoms with van der Waals surface area (Å²) in [6, 6.07) is 0. The van der Waals surface area contributed by atoms with Gasteiger partial charge in [-0.25, -0.2) is 0 Å². The highest BCUT2D eigenvalue weighted by Crippen LogP contribution is 2.22. The van der Waals surface area contributed by atoms with Gasteiger partial charge in [0.2, 0.25) is 0 Å². The molecule has 1 aliphatic rings. The monoisotopic (exact) mass is 143 g/mol. The van der Waals surface area contributed by atoms with Crippen LogP contribution in [-0.4, -0.2) is 25.3 Å². The van der Waals surface area contributed by atoms with Gasteiger partial charge in [-0.05, 0) is 18.3 Å². The molecule has 1 saturated heterocycles. The van der Waals surface area contributed by atoms with E-state index in [4.69, 9.17) is 4.84 Å². The van der Waals surface area contributed by atoms with E-state index < -0.39 is 0 Å². The molecule has 0 N–H and O–H groups in total. The van der Waals surface area contributed by atoms with Crippen LogP contribution in [0.25, 0.3) is 0 Å². The molecule has 1 unspecified atom stereocenters. The second kappa shape index (κ2) is 3.35. The number of rotatable bonds is 2. The lowest BCUT2D eigenvalue weighted by Crippen LogP contribution is -2.20. The van der Waals surface area contributed by atoms with Crippen LogP contribution in [0.15, 0.2) is 0 Å². The fourth-order valence-electron chi connectivity index (χ4n) is 1.46. The van der Waals surface area contributed by atoms with Gasteiger partial charge in [-0.15, -0.1) is 0 Å². The lowest BCUT2D eigenvalue weighted by atomic mass is 9.96. The predicted molar refractivity (Wildman–Crippen MR) is 41.5 cm³/mol. The Morgan fingerprint density at radius 3 is 2.50 bits per heavy atom. The lowest BCUT2D eigenvalue weighted by molar-refractivity contribution is -0.115. The van der Waals surface area contributed by atoms with E-state index in [1.165, 1.54) is 6.42 Å². The summed E-state index contributed by atoms with van der Waals surface area (Å²) in [6.45, 7) is 6.79. The van der Waals surface area contributed by atoms with Gasteiger partial charge in [0.25, 0.3) is 0 Å². The SMILES string of the molecule is CON1CCC(C(C)C)C1. The van der Waals surface area contributed by atoms with Crippen molar-refractivity contribution in [3.63, 3.8) is 0 Å². The summed E-state index contributed by atoms with van der Waals surface area (Å²) in [7, 11) is 1.75. The standard InChI is InChI=1S/C8H17NO/c1-7(2)8-4-5-9(6-8)10-3/h7-8H,4-6H2,1-3H3. The molecule has 0 radical (unpaired) electrons. The van der Waals surface area contributed by atoms with E-state index in [0.717, 1.165) is 24.9 Å². The minimum Gasteiger partial charge on any atom is -0.302 e. The third-order valence-electron chi connectivity index (χ3n) is 2.39. The van der Waals surface area contributed by atoms with E-state index in [1.807, 2.05) is 5.06 Å². The van der Waals surface area contributed by atoms with Crippen molar-refractivity contribution in [2.75, 3.05) is 20.2 Å². The largest absolute Gasteiger partial charge is 0.302 e. The number of hydrogen-bond acceptors (Lipinski definition) is 2. The first kappa shape index (κ1) is 8.02. The Balaban J connectivity index is 2.28. The first-order valence-electron chi connectivity index (χ1n) is 4.03. The third kappa shape index (κ3) is 1.70. The summed E-state index contributed by atoms with van der Waals surface area (Å²) in [5, 5.41) is 2.05. The predicted octanol–water partition coefficient (Wildman–Crippen LogP) is 1.53. The van der Waals surface area contributed by atoms with Crippen LogP contribution in [0.1, 0.15) is 20.3 Å². The Morgan fingerprint density at radius 2 is 2.20 bits per heavy atom.